The van der Waals surface area contributed by atoms with Gasteiger partial charge in [-0.15, -0.1) is 4.91 Å². The Labute approximate surface area is 160 Å². The quantitative estimate of drug-likeness (QED) is 0.775. The smallest absolute Gasteiger partial charge is 0.416 e. The molecule has 28 heavy (non-hydrogen) atoms. The maximum absolute atomic E-state index is 13.0. The van der Waals surface area contributed by atoms with Crippen LogP contribution >= 0.6 is 0 Å². The van der Waals surface area contributed by atoms with Crippen molar-refractivity contribution in [3.63, 3.8) is 0 Å². The summed E-state index contributed by atoms with van der Waals surface area (Å²) in [5.41, 5.74) is 1.16. The first kappa shape index (κ1) is 18.8. The molecular weight excluding hydrogens is 375 g/mol. The van der Waals surface area contributed by atoms with E-state index < -0.39 is 17.3 Å². The fraction of sp³-hybridized carbons (Fsp3) is 0.474. The molecule has 2 aliphatic heterocycles. The number of nitroso groups, excluding NO2 is 1. The molecule has 2 saturated heterocycles. The second-order valence-electron chi connectivity index (χ2n) is 7.31. The minimum absolute atomic E-state index is 0.103. The van der Waals surface area contributed by atoms with Crippen molar-refractivity contribution in [2.75, 3.05) is 33.5 Å². The molecular formula is C19H20F3N3O3. The molecule has 0 bridgehead atoms. The summed E-state index contributed by atoms with van der Waals surface area (Å²) in [7, 11) is 1.37. The van der Waals surface area contributed by atoms with Crippen LogP contribution in [0.3, 0.4) is 0 Å². The van der Waals surface area contributed by atoms with Crippen LogP contribution in [0.5, 0.6) is 5.75 Å². The van der Waals surface area contributed by atoms with E-state index in [9.17, 15) is 18.1 Å². The maximum Gasteiger partial charge on any atom is 0.416 e. The second kappa shape index (κ2) is 6.80. The van der Waals surface area contributed by atoms with E-state index in [0.717, 1.165) is 23.5 Å². The van der Waals surface area contributed by atoms with E-state index >= 15 is 0 Å². The van der Waals surface area contributed by atoms with E-state index in [1.807, 2.05) is 12.2 Å². The van der Waals surface area contributed by atoms with Gasteiger partial charge in [0.15, 0.2) is 5.54 Å². The number of allylic oxidation sites excluding steroid dienone is 2. The van der Waals surface area contributed by atoms with E-state index in [1.54, 1.807) is 0 Å². The third kappa shape index (κ3) is 3.23. The van der Waals surface area contributed by atoms with E-state index in [4.69, 9.17) is 9.47 Å². The Morgan fingerprint density at radius 2 is 2.18 bits per heavy atom. The molecule has 0 spiro atoms. The van der Waals surface area contributed by atoms with Crippen molar-refractivity contribution >= 4 is 0 Å². The maximum atomic E-state index is 13.0. The van der Waals surface area contributed by atoms with Gasteiger partial charge in [0.2, 0.25) is 0 Å². The zero-order valence-corrected chi connectivity index (χ0v) is 15.3. The average molecular weight is 395 g/mol. The summed E-state index contributed by atoms with van der Waals surface area (Å²) in [5, 5.41) is 6.53. The molecule has 6 nitrogen and oxygen atoms in total. The van der Waals surface area contributed by atoms with Gasteiger partial charge in [-0.05, 0) is 18.6 Å². The fourth-order valence-corrected chi connectivity index (χ4v) is 3.84. The van der Waals surface area contributed by atoms with Crippen LogP contribution in [0, 0.1) is 4.91 Å². The Morgan fingerprint density at radius 3 is 2.79 bits per heavy atom. The first-order chi connectivity index (χ1) is 13.3. The first-order valence-electron chi connectivity index (χ1n) is 8.94. The molecule has 1 aliphatic carbocycles. The summed E-state index contributed by atoms with van der Waals surface area (Å²) in [4.78, 5) is 13.2. The molecule has 9 heteroatoms. The zero-order chi connectivity index (χ0) is 19.9. The standard InChI is InChI=1S/C19H20F3N3O3/c1-27-17-7-13(19(20,21)22)3-4-14(17)12-2-5-16-15(6-12)23-11-25(16)8-18(24-26)9-28-10-18/h3-7,12,23H,2,8-11H2,1H3. The molecule has 0 aromatic heterocycles. The molecule has 0 radical (unpaired) electrons. The lowest BCUT2D eigenvalue weighted by molar-refractivity contribution is -0.137. The number of halogens is 3. The summed E-state index contributed by atoms with van der Waals surface area (Å²) in [6, 6.07) is 3.60. The Kier molecular flexibility index (Phi) is 4.57. The number of alkyl halides is 3. The van der Waals surface area contributed by atoms with Gasteiger partial charge in [-0.25, -0.2) is 0 Å². The highest BCUT2D eigenvalue weighted by Gasteiger charge is 2.44. The minimum Gasteiger partial charge on any atom is -0.496 e. The Balaban J connectivity index is 1.54. The van der Waals surface area contributed by atoms with Crippen LogP contribution in [0.15, 0.2) is 46.9 Å². The summed E-state index contributed by atoms with van der Waals surface area (Å²) in [6.45, 7) is 1.67. The van der Waals surface area contributed by atoms with Gasteiger partial charge in [0, 0.05) is 11.5 Å². The van der Waals surface area contributed by atoms with Gasteiger partial charge in [-0.1, -0.05) is 23.4 Å². The van der Waals surface area contributed by atoms with Crippen molar-refractivity contribution in [2.45, 2.75) is 24.1 Å². The van der Waals surface area contributed by atoms with Gasteiger partial charge in [-0.2, -0.15) is 13.2 Å². The average Bonchev–Trinajstić information content (AvgIpc) is 3.05. The predicted octanol–water partition coefficient (Wildman–Crippen LogP) is 3.37. The van der Waals surface area contributed by atoms with Crippen LogP contribution in [0.25, 0.3) is 0 Å². The number of methoxy groups -OCH3 is 1. The SMILES string of the molecule is COc1cc(C(F)(F)F)ccc1C1C=C2NCN(CC3(N=O)COC3)C2=CC1. The summed E-state index contributed by atoms with van der Waals surface area (Å²) >= 11 is 0. The first-order valence-corrected chi connectivity index (χ1v) is 8.94. The fourth-order valence-electron chi connectivity index (χ4n) is 3.84. The lowest BCUT2D eigenvalue weighted by atomic mass is 9.88. The molecule has 3 aliphatic rings. The Hall–Kier alpha value is -2.55. The molecule has 2 heterocycles. The molecule has 0 amide bonds. The molecule has 1 aromatic rings. The number of hydrogen-bond acceptors (Lipinski definition) is 6. The monoisotopic (exact) mass is 395 g/mol. The number of rotatable bonds is 5. The van der Waals surface area contributed by atoms with E-state index in [1.165, 1.54) is 13.2 Å². The lowest BCUT2D eigenvalue weighted by Gasteiger charge is -2.38. The van der Waals surface area contributed by atoms with Crippen molar-refractivity contribution in [3.05, 3.63) is 57.8 Å². The molecule has 1 atom stereocenters. The van der Waals surface area contributed by atoms with Crippen LogP contribution in [0.2, 0.25) is 0 Å². The number of hydrogen-bond donors (Lipinski definition) is 1. The highest BCUT2D eigenvalue weighted by atomic mass is 19.4. The molecule has 4 rings (SSSR count). The van der Waals surface area contributed by atoms with E-state index in [0.29, 0.717) is 38.4 Å². The molecule has 0 saturated carbocycles. The van der Waals surface area contributed by atoms with Crippen LogP contribution < -0.4 is 10.1 Å². The van der Waals surface area contributed by atoms with Crippen LogP contribution in [0.1, 0.15) is 23.5 Å². The molecule has 1 unspecified atom stereocenters. The van der Waals surface area contributed by atoms with Crippen molar-refractivity contribution < 1.29 is 22.6 Å². The summed E-state index contributed by atoms with van der Waals surface area (Å²) in [5.74, 6) is 0.118. The molecule has 150 valence electrons. The molecule has 1 aromatic carbocycles. The largest absolute Gasteiger partial charge is 0.496 e. The molecule has 2 fully saturated rings. The lowest BCUT2D eigenvalue weighted by Crippen LogP contribution is -2.55. The van der Waals surface area contributed by atoms with Gasteiger partial charge in [0.25, 0.3) is 0 Å². The van der Waals surface area contributed by atoms with Gasteiger partial charge in [-0.3, -0.25) is 0 Å². The predicted molar refractivity (Wildman–Crippen MR) is 95.6 cm³/mol. The van der Waals surface area contributed by atoms with E-state index in [2.05, 4.69) is 15.4 Å². The highest BCUT2D eigenvalue weighted by Crippen LogP contribution is 2.40. The number of fused-ring (bicyclic) bond motifs is 1. The number of nitrogens with zero attached hydrogens (tertiary/aromatic N) is 2. The molecule has 1 N–H and O–H groups in total. The summed E-state index contributed by atoms with van der Waals surface area (Å²) in [6.07, 6.45) is 0.246. The Morgan fingerprint density at radius 1 is 1.39 bits per heavy atom. The van der Waals surface area contributed by atoms with Crippen LogP contribution in [0.4, 0.5) is 13.2 Å². The van der Waals surface area contributed by atoms with E-state index in [-0.39, 0.29) is 11.7 Å². The van der Waals surface area contributed by atoms with Crippen molar-refractivity contribution in [2.24, 2.45) is 5.18 Å². The third-order valence-electron chi connectivity index (χ3n) is 5.39. The van der Waals surface area contributed by atoms with Crippen molar-refractivity contribution in [1.82, 2.24) is 10.2 Å². The topological polar surface area (TPSA) is 63.2 Å². The van der Waals surface area contributed by atoms with Crippen molar-refractivity contribution in [1.29, 1.82) is 0 Å². The zero-order valence-electron chi connectivity index (χ0n) is 15.3. The van der Waals surface area contributed by atoms with Crippen LogP contribution in [-0.4, -0.2) is 44.0 Å². The van der Waals surface area contributed by atoms with Gasteiger partial charge in [0.1, 0.15) is 5.75 Å². The van der Waals surface area contributed by atoms with Crippen LogP contribution in [-0.2, 0) is 10.9 Å². The minimum atomic E-state index is -4.41. The normalized spacial score (nSPS) is 23.1. The Bertz CT molecular complexity index is 847. The summed E-state index contributed by atoms with van der Waals surface area (Å²) < 4.78 is 49.3. The number of benzene rings is 1. The second-order valence-corrected chi connectivity index (χ2v) is 7.31. The van der Waals surface area contributed by atoms with Gasteiger partial charge in [0.05, 0.1) is 50.5 Å². The third-order valence-corrected chi connectivity index (χ3v) is 5.39. The van der Waals surface area contributed by atoms with Crippen molar-refractivity contribution in [3.8, 4) is 5.75 Å². The highest BCUT2D eigenvalue weighted by molar-refractivity contribution is 5.47. The number of nitrogens with one attached hydrogen (secondary N) is 1. The van der Waals surface area contributed by atoms with Gasteiger partial charge >= 0.3 is 6.18 Å². The number of ether oxygens (including phenoxy) is 2. The van der Waals surface area contributed by atoms with Gasteiger partial charge < -0.3 is 19.7 Å².